The molecule has 1 saturated carbocycles. The van der Waals surface area contributed by atoms with Crippen molar-refractivity contribution in [1.29, 1.82) is 5.26 Å². The molecule has 142 valence electrons. The van der Waals surface area contributed by atoms with Crippen molar-refractivity contribution in [2.75, 3.05) is 6.54 Å². The quantitative estimate of drug-likeness (QED) is 0.769. The monoisotopic (exact) mass is 430 g/mol. The van der Waals surface area contributed by atoms with Gasteiger partial charge in [0.2, 0.25) is 0 Å². The van der Waals surface area contributed by atoms with Gasteiger partial charge in [-0.3, -0.25) is 4.79 Å². The first kappa shape index (κ1) is 19.6. The molecule has 1 amide bonds. The van der Waals surface area contributed by atoms with Crippen molar-refractivity contribution >= 4 is 21.8 Å². The molecule has 0 spiro atoms. The van der Waals surface area contributed by atoms with Gasteiger partial charge in [-0.1, -0.05) is 27.7 Å². The molecule has 1 fully saturated rings. The number of benzene rings is 1. The Bertz CT molecular complexity index is 851. The average molecular weight is 431 g/mol. The van der Waals surface area contributed by atoms with E-state index < -0.39 is 0 Å². The first-order valence-corrected chi connectivity index (χ1v) is 9.72. The van der Waals surface area contributed by atoms with Gasteiger partial charge in [-0.05, 0) is 46.6 Å². The van der Waals surface area contributed by atoms with Crippen molar-refractivity contribution in [2.24, 2.45) is 21.1 Å². The summed E-state index contributed by atoms with van der Waals surface area (Å²) in [7, 11) is 0. The molecule has 0 atom stereocenters. The molecule has 0 aromatic heterocycles. The highest BCUT2D eigenvalue weighted by Gasteiger charge is 2.64. The molecule has 1 aromatic rings. The fourth-order valence-corrected chi connectivity index (χ4v) is 4.81. The maximum Gasteiger partial charge on any atom is 0.271 e. The van der Waals surface area contributed by atoms with Crippen LogP contribution in [0.15, 0.2) is 44.7 Å². The van der Waals surface area contributed by atoms with Gasteiger partial charge < -0.3 is 10.1 Å². The topological polar surface area (TPSA) is 86.8 Å². The number of carbonyl (C=O) groups excluding carboxylic acids is 1. The number of ether oxygens (including phenoxy) is 1. The number of carbonyl (C=O) groups is 1. The molecule has 27 heavy (non-hydrogen) atoms. The minimum Gasteiger partial charge on any atom is -0.489 e. The molecule has 0 unspecified atom stereocenters. The number of halogens is 1. The van der Waals surface area contributed by atoms with Crippen LogP contribution in [-0.4, -0.2) is 24.6 Å². The third-order valence-corrected chi connectivity index (χ3v) is 6.06. The first-order chi connectivity index (χ1) is 12.7. The van der Waals surface area contributed by atoms with Gasteiger partial charge in [0.05, 0.1) is 12.1 Å². The minimum atomic E-state index is -0.272. The normalized spacial score (nSPS) is 25.0. The van der Waals surface area contributed by atoms with Crippen LogP contribution in [0.3, 0.4) is 0 Å². The summed E-state index contributed by atoms with van der Waals surface area (Å²) in [5, 5.41) is 20.1. The lowest BCUT2D eigenvalue weighted by Gasteiger charge is -2.63. The van der Waals surface area contributed by atoms with Gasteiger partial charge in [0, 0.05) is 21.3 Å². The van der Waals surface area contributed by atoms with Gasteiger partial charge in [-0.2, -0.15) is 15.5 Å². The zero-order valence-electron chi connectivity index (χ0n) is 15.9. The van der Waals surface area contributed by atoms with Crippen LogP contribution in [0, 0.1) is 22.2 Å². The van der Waals surface area contributed by atoms with E-state index >= 15 is 0 Å². The van der Waals surface area contributed by atoms with E-state index in [0.717, 1.165) is 6.42 Å². The molecular formula is C20H23BrN4O2. The third-order valence-electron chi connectivity index (χ3n) is 5.41. The number of rotatable bonds is 4. The van der Waals surface area contributed by atoms with E-state index in [9.17, 15) is 4.79 Å². The zero-order valence-corrected chi connectivity index (χ0v) is 17.5. The largest absolute Gasteiger partial charge is 0.489 e. The summed E-state index contributed by atoms with van der Waals surface area (Å²) in [5.41, 5.74) is 0.403. The standard InChI is InChI=1S/C20H23BrN4O2/c1-19(2)17(24-16(26)15-6-5-9-23-25-15)20(3,4)18(19)27-13-8-7-12(11-22)14(21)10-13/h6-8,10,17-18H,5,9H2,1-4H3,(H,24,26)/t17-,18-. The Kier molecular flexibility index (Phi) is 5.13. The Morgan fingerprint density at radius 2 is 2.04 bits per heavy atom. The van der Waals surface area contributed by atoms with Crippen LogP contribution in [0.5, 0.6) is 5.75 Å². The van der Waals surface area contributed by atoms with Crippen LogP contribution in [-0.2, 0) is 4.79 Å². The summed E-state index contributed by atoms with van der Waals surface area (Å²) in [5.74, 6) is 0.504. The molecule has 2 aliphatic rings. The Labute approximate surface area is 167 Å². The maximum absolute atomic E-state index is 12.5. The second-order valence-electron chi connectivity index (χ2n) is 8.14. The molecule has 1 heterocycles. The smallest absolute Gasteiger partial charge is 0.271 e. The molecule has 0 saturated heterocycles. The lowest BCUT2D eigenvalue weighted by Crippen LogP contribution is -2.74. The molecule has 1 N–H and O–H groups in total. The molecule has 7 heteroatoms. The van der Waals surface area contributed by atoms with Crippen molar-refractivity contribution < 1.29 is 9.53 Å². The number of azo groups is 1. The molecule has 1 aliphatic heterocycles. The predicted molar refractivity (Wildman–Crippen MR) is 105 cm³/mol. The van der Waals surface area contributed by atoms with E-state index in [1.54, 1.807) is 12.1 Å². The summed E-state index contributed by atoms with van der Waals surface area (Å²) in [4.78, 5) is 12.5. The van der Waals surface area contributed by atoms with Crippen molar-refractivity contribution in [3.05, 3.63) is 40.0 Å². The second-order valence-corrected chi connectivity index (χ2v) is 9.00. The van der Waals surface area contributed by atoms with Crippen LogP contribution in [0.1, 0.15) is 39.7 Å². The van der Waals surface area contributed by atoms with Gasteiger partial charge in [0.15, 0.2) is 0 Å². The second kappa shape index (κ2) is 7.08. The SMILES string of the molecule is CC1(C)[C@H](NC(=O)C2=CCCN=N2)C(C)(C)[C@H]1Oc1ccc(C#N)c(Br)c1. The summed E-state index contributed by atoms with van der Waals surface area (Å²) in [6.45, 7) is 8.98. The Morgan fingerprint density at radius 3 is 2.59 bits per heavy atom. The highest BCUT2D eigenvalue weighted by Crippen LogP contribution is 2.55. The summed E-state index contributed by atoms with van der Waals surface area (Å²) >= 11 is 3.40. The van der Waals surface area contributed by atoms with E-state index in [2.05, 4.69) is 65.2 Å². The number of amides is 1. The maximum atomic E-state index is 12.5. The average Bonchev–Trinajstić information content (AvgIpc) is 2.64. The fraction of sp³-hybridized carbons (Fsp3) is 0.500. The number of nitriles is 1. The van der Waals surface area contributed by atoms with Gasteiger partial charge in [-0.15, -0.1) is 0 Å². The number of hydrogen-bond acceptors (Lipinski definition) is 5. The molecule has 0 bridgehead atoms. The Balaban J connectivity index is 1.75. The van der Waals surface area contributed by atoms with Crippen LogP contribution >= 0.6 is 15.9 Å². The van der Waals surface area contributed by atoms with E-state index in [0.29, 0.717) is 28.0 Å². The third kappa shape index (κ3) is 3.51. The highest BCUT2D eigenvalue weighted by molar-refractivity contribution is 9.10. The van der Waals surface area contributed by atoms with Crippen molar-refractivity contribution in [2.45, 2.75) is 46.3 Å². The number of nitrogens with zero attached hydrogens (tertiary/aromatic N) is 3. The van der Waals surface area contributed by atoms with E-state index in [1.807, 2.05) is 12.1 Å². The fourth-order valence-electron chi connectivity index (χ4n) is 4.36. The molecule has 1 aliphatic carbocycles. The van der Waals surface area contributed by atoms with Crippen LogP contribution in [0.4, 0.5) is 0 Å². The molecular weight excluding hydrogens is 408 g/mol. The van der Waals surface area contributed by atoms with Crippen LogP contribution in [0.25, 0.3) is 0 Å². The molecule has 6 nitrogen and oxygen atoms in total. The van der Waals surface area contributed by atoms with Crippen LogP contribution in [0.2, 0.25) is 0 Å². The van der Waals surface area contributed by atoms with Gasteiger partial charge >= 0.3 is 0 Å². The van der Waals surface area contributed by atoms with Gasteiger partial charge in [0.1, 0.15) is 23.6 Å². The summed E-state index contributed by atoms with van der Waals surface area (Å²) in [6, 6.07) is 7.40. The van der Waals surface area contributed by atoms with Crippen molar-refractivity contribution in [3.63, 3.8) is 0 Å². The van der Waals surface area contributed by atoms with Crippen molar-refractivity contribution in [3.8, 4) is 11.8 Å². The van der Waals surface area contributed by atoms with Gasteiger partial charge in [0.25, 0.3) is 5.91 Å². The summed E-state index contributed by atoms with van der Waals surface area (Å²) < 4.78 is 6.98. The Morgan fingerprint density at radius 1 is 1.33 bits per heavy atom. The van der Waals surface area contributed by atoms with E-state index in [-0.39, 0.29) is 28.9 Å². The predicted octanol–water partition coefficient (Wildman–Crippen LogP) is 4.36. The zero-order chi connectivity index (χ0) is 19.8. The van der Waals surface area contributed by atoms with E-state index in [1.165, 1.54) is 0 Å². The first-order valence-electron chi connectivity index (χ1n) is 8.92. The van der Waals surface area contributed by atoms with Crippen LogP contribution < -0.4 is 10.1 Å². The minimum absolute atomic E-state index is 0.0673. The lowest BCUT2D eigenvalue weighted by molar-refractivity contribution is -0.172. The number of hydrogen-bond donors (Lipinski definition) is 1. The summed E-state index contributed by atoms with van der Waals surface area (Å²) in [6.07, 6.45) is 2.46. The number of nitrogens with one attached hydrogen (secondary N) is 1. The van der Waals surface area contributed by atoms with Crippen molar-refractivity contribution in [1.82, 2.24) is 5.32 Å². The molecule has 3 rings (SSSR count). The van der Waals surface area contributed by atoms with E-state index in [4.69, 9.17) is 10.00 Å². The Hall–Kier alpha value is -2.20. The molecule has 1 aromatic carbocycles. The van der Waals surface area contributed by atoms with Gasteiger partial charge in [-0.25, -0.2) is 0 Å². The highest BCUT2D eigenvalue weighted by atomic mass is 79.9. The lowest BCUT2D eigenvalue weighted by atomic mass is 9.49. The molecule has 0 radical (unpaired) electrons.